The van der Waals surface area contributed by atoms with Gasteiger partial charge in [0.25, 0.3) is 5.91 Å². The van der Waals surface area contributed by atoms with E-state index in [4.69, 9.17) is 14.6 Å². The quantitative estimate of drug-likeness (QED) is 0.642. The van der Waals surface area contributed by atoms with Crippen molar-refractivity contribution >= 4 is 11.9 Å². The fraction of sp³-hybridized carbons (Fsp3) is 0.263. The zero-order chi connectivity index (χ0) is 20.5. The molecule has 0 aliphatic heterocycles. The van der Waals surface area contributed by atoms with Crippen LogP contribution in [0.1, 0.15) is 22.8 Å². The van der Waals surface area contributed by atoms with Crippen LogP contribution in [0.3, 0.4) is 0 Å². The average Bonchev–Trinajstić information content (AvgIpc) is 2.65. The Balaban J connectivity index is 2.10. The molecule has 28 heavy (non-hydrogen) atoms. The van der Waals surface area contributed by atoms with Gasteiger partial charge in [-0.2, -0.15) is 8.78 Å². The molecule has 150 valence electrons. The summed E-state index contributed by atoms with van der Waals surface area (Å²) in [6.07, 6.45) is 0. The Labute approximate surface area is 159 Å². The number of ether oxygens (including phenoxy) is 3. The van der Waals surface area contributed by atoms with Crippen molar-refractivity contribution in [2.45, 2.75) is 20.1 Å². The van der Waals surface area contributed by atoms with Crippen LogP contribution in [0.25, 0.3) is 0 Å². The predicted molar refractivity (Wildman–Crippen MR) is 95.0 cm³/mol. The number of carboxylic acids is 1. The Morgan fingerprint density at radius 2 is 1.82 bits per heavy atom. The van der Waals surface area contributed by atoms with Crippen molar-refractivity contribution in [1.82, 2.24) is 5.32 Å². The molecule has 2 N–H and O–H groups in total. The van der Waals surface area contributed by atoms with E-state index in [1.807, 2.05) is 0 Å². The number of aliphatic carboxylic acids is 1. The number of halogens is 2. The van der Waals surface area contributed by atoms with E-state index in [2.05, 4.69) is 10.1 Å². The van der Waals surface area contributed by atoms with E-state index in [0.717, 1.165) is 0 Å². The SMILES string of the molecule is CCOc1cc(C(=O)NCc2ccccc2OC(F)F)ccc1OCC(=O)O. The van der Waals surface area contributed by atoms with Crippen molar-refractivity contribution in [2.24, 2.45) is 0 Å². The summed E-state index contributed by atoms with van der Waals surface area (Å²) in [5, 5.41) is 11.3. The van der Waals surface area contributed by atoms with Gasteiger partial charge in [0, 0.05) is 17.7 Å². The van der Waals surface area contributed by atoms with Crippen LogP contribution in [0, 0.1) is 0 Å². The molecule has 0 saturated heterocycles. The highest BCUT2D eigenvalue weighted by Gasteiger charge is 2.14. The van der Waals surface area contributed by atoms with Crippen molar-refractivity contribution in [1.29, 1.82) is 0 Å². The predicted octanol–water partition coefficient (Wildman–Crippen LogP) is 3.08. The fourth-order valence-electron chi connectivity index (χ4n) is 2.31. The molecule has 0 heterocycles. The first-order valence-electron chi connectivity index (χ1n) is 8.33. The van der Waals surface area contributed by atoms with Crippen molar-refractivity contribution in [2.75, 3.05) is 13.2 Å². The van der Waals surface area contributed by atoms with Gasteiger partial charge in [0.2, 0.25) is 0 Å². The maximum absolute atomic E-state index is 12.5. The molecule has 0 saturated carbocycles. The number of hydrogen-bond acceptors (Lipinski definition) is 5. The number of rotatable bonds is 10. The second kappa shape index (κ2) is 10.1. The molecule has 0 unspecified atom stereocenters. The van der Waals surface area contributed by atoms with Crippen LogP contribution >= 0.6 is 0 Å². The normalized spacial score (nSPS) is 10.4. The first-order chi connectivity index (χ1) is 13.4. The minimum Gasteiger partial charge on any atom is -0.490 e. The molecule has 0 fully saturated rings. The molecule has 7 nitrogen and oxygen atoms in total. The molecule has 0 aliphatic rings. The zero-order valence-corrected chi connectivity index (χ0v) is 15.0. The molecule has 0 bridgehead atoms. The maximum atomic E-state index is 12.5. The number of hydrogen-bond donors (Lipinski definition) is 2. The Bertz CT molecular complexity index is 828. The number of carbonyl (C=O) groups is 2. The van der Waals surface area contributed by atoms with Gasteiger partial charge >= 0.3 is 12.6 Å². The molecular formula is C19H19F2NO6. The zero-order valence-electron chi connectivity index (χ0n) is 15.0. The fourth-order valence-corrected chi connectivity index (χ4v) is 2.31. The lowest BCUT2D eigenvalue weighted by atomic mass is 10.1. The number of alkyl halides is 2. The van der Waals surface area contributed by atoms with E-state index in [0.29, 0.717) is 5.56 Å². The van der Waals surface area contributed by atoms with Gasteiger partial charge in [0.15, 0.2) is 18.1 Å². The van der Waals surface area contributed by atoms with E-state index < -0.39 is 25.1 Å². The Kier molecular flexibility index (Phi) is 7.55. The van der Waals surface area contributed by atoms with E-state index in [-0.39, 0.29) is 36.0 Å². The highest BCUT2D eigenvalue weighted by atomic mass is 19.3. The number of carbonyl (C=O) groups excluding carboxylic acids is 1. The van der Waals surface area contributed by atoms with Crippen LogP contribution in [0.5, 0.6) is 17.2 Å². The number of benzene rings is 2. The van der Waals surface area contributed by atoms with E-state index >= 15 is 0 Å². The summed E-state index contributed by atoms with van der Waals surface area (Å²) in [6.45, 7) is -1.53. The third-order valence-electron chi connectivity index (χ3n) is 3.48. The van der Waals surface area contributed by atoms with Crippen LogP contribution in [0.2, 0.25) is 0 Å². The summed E-state index contributed by atoms with van der Waals surface area (Å²) in [7, 11) is 0. The number of nitrogens with one attached hydrogen (secondary N) is 1. The lowest BCUT2D eigenvalue weighted by Crippen LogP contribution is -2.23. The van der Waals surface area contributed by atoms with Gasteiger partial charge in [-0.25, -0.2) is 4.79 Å². The molecule has 0 aliphatic carbocycles. The average molecular weight is 395 g/mol. The van der Waals surface area contributed by atoms with Crippen LogP contribution in [-0.2, 0) is 11.3 Å². The number of carboxylic acid groups (broad SMARTS) is 1. The third kappa shape index (κ3) is 6.11. The van der Waals surface area contributed by atoms with Gasteiger partial charge in [-0.15, -0.1) is 0 Å². The van der Waals surface area contributed by atoms with Crippen LogP contribution in [-0.4, -0.2) is 36.8 Å². The lowest BCUT2D eigenvalue weighted by molar-refractivity contribution is -0.139. The summed E-state index contributed by atoms with van der Waals surface area (Å²) in [5.41, 5.74) is 0.626. The molecular weight excluding hydrogens is 376 g/mol. The van der Waals surface area contributed by atoms with Gasteiger partial charge in [-0.3, -0.25) is 4.79 Å². The molecule has 9 heteroatoms. The van der Waals surface area contributed by atoms with Gasteiger partial charge in [-0.1, -0.05) is 18.2 Å². The molecule has 2 aromatic carbocycles. The van der Waals surface area contributed by atoms with Crippen molar-refractivity contribution in [3.63, 3.8) is 0 Å². The molecule has 2 rings (SSSR count). The standard InChI is InChI=1S/C19H19F2NO6/c1-2-26-16-9-12(7-8-15(16)27-11-17(23)24)18(25)22-10-13-5-3-4-6-14(13)28-19(20)21/h3-9,19H,2,10-11H2,1H3,(H,22,25)(H,23,24). The lowest BCUT2D eigenvalue weighted by Gasteiger charge is -2.13. The van der Waals surface area contributed by atoms with E-state index in [1.54, 1.807) is 25.1 Å². The number of para-hydroxylation sites is 1. The van der Waals surface area contributed by atoms with Gasteiger partial charge < -0.3 is 24.6 Å². The third-order valence-corrected chi connectivity index (χ3v) is 3.48. The van der Waals surface area contributed by atoms with Crippen molar-refractivity contribution < 1.29 is 37.7 Å². The second-order valence-electron chi connectivity index (χ2n) is 5.45. The van der Waals surface area contributed by atoms with E-state index in [9.17, 15) is 18.4 Å². The minimum absolute atomic E-state index is 0.0229. The highest BCUT2D eigenvalue weighted by Crippen LogP contribution is 2.28. The van der Waals surface area contributed by atoms with Crippen LogP contribution in [0.15, 0.2) is 42.5 Å². The van der Waals surface area contributed by atoms with Gasteiger partial charge in [-0.05, 0) is 31.2 Å². The highest BCUT2D eigenvalue weighted by molar-refractivity contribution is 5.94. The van der Waals surface area contributed by atoms with Crippen LogP contribution < -0.4 is 19.5 Å². The minimum atomic E-state index is -2.97. The Hall–Kier alpha value is -3.36. The molecule has 1 amide bonds. The van der Waals surface area contributed by atoms with Gasteiger partial charge in [0.1, 0.15) is 5.75 Å². The topological polar surface area (TPSA) is 94.1 Å². The van der Waals surface area contributed by atoms with Crippen molar-refractivity contribution in [3.05, 3.63) is 53.6 Å². The second-order valence-corrected chi connectivity index (χ2v) is 5.45. The summed E-state index contributed by atoms with van der Waals surface area (Å²) in [4.78, 5) is 23.0. The summed E-state index contributed by atoms with van der Waals surface area (Å²) < 4.78 is 39.9. The first kappa shape index (κ1) is 20.9. The monoisotopic (exact) mass is 395 g/mol. The molecule has 0 aromatic heterocycles. The Morgan fingerprint density at radius 3 is 2.50 bits per heavy atom. The number of amides is 1. The molecule has 2 aromatic rings. The largest absolute Gasteiger partial charge is 0.490 e. The van der Waals surface area contributed by atoms with Gasteiger partial charge in [0.05, 0.1) is 6.61 Å². The van der Waals surface area contributed by atoms with Crippen LogP contribution in [0.4, 0.5) is 8.78 Å². The first-order valence-corrected chi connectivity index (χ1v) is 8.33. The summed E-state index contributed by atoms with van der Waals surface area (Å²) in [6, 6.07) is 10.4. The van der Waals surface area contributed by atoms with E-state index in [1.165, 1.54) is 24.3 Å². The van der Waals surface area contributed by atoms with Crippen molar-refractivity contribution in [3.8, 4) is 17.2 Å². The molecule has 0 radical (unpaired) electrons. The molecule has 0 spiro atoms. The maximum Gasteiger partial charge on any atom is 0.387 e. The molecule has 0 atom stereocenters. The Morgan fingerprint density at radius 1 is 1.07 bits per heavy atom. The smallest absolute Gasteiger partial charge is 0.387 e. The summed E-state index contributed by atoms with van der Waals surface area (Å²) >= 11 is 0. The summed E-state index contributed by atoms with van der Waals surface area (Å²) in [5.74, 6) is -1.23.